The first-order chi connectivity index (χ1) is 12.6. The molecule has 2 heterocycles. The summed E-state index contributed by atoms with van der Waals surface area (Å²) in [7, 11) is 1.82. The van der Waals surface area contributed by atoms with Crippen LogP contribution in [0, 0.1) is 19.8 Å². The Balaban J connectivity index is 0.00000261. The number of hydrogen-bond acceptors (Lipinski definition) is 4. The fourth-order valence-electron chi connectivity index (χ4n) is 3.33. The highest BCUT2D eigenvalue weighted by Gasteiger charge is 2.21. The molecule has 1 atom stereocenters. The molecule has 1 aliphatic rings. The molecular weight excluding hydrogens is 471 g/mol. The number of guanidine groups is 1. The first-order valence-electron chi connectivity index (χ1n) is 9.07. The molecule has 2 N–H and O–H groups in total. The van der Waals surface area contributed by atoms with Crippen molar-refractivity contribution in [3.63, 3.8) is 0 Å². The number of nitrogens with zero attached hydrogens (tertiary/aromatic N) is 4. The number of fused-ring (bicyclic) bond motifs is 1. The second-order valence-corrected chi connectivity index (χ2v) is 7.65. The van der Waals surface area contributed by atoms with E-state index in [0.717, 1.165) is 50.1 Å². The maximum Gasteiger partial charge on any atom is 0.191 e. The first-order valence-corrected chi connectivity index (χ1v) is 10.3. The number of halogens is 1. The summed E-state index contributed by atoms with van der Waals surface area (Å²) in [5.74, 6) is 3.54. The zero-order chi connectivity index (χ0) is 18.5. The normalized spacial score (nSPS) is 16.4. The summed E-state index contributed by atoms with van der Waals surface area (Å²) >= 11 is 1.79. The standard InChI is InChI=1S/C19H28N6S.HI/c1-13-5-7-16(17(9-13)26-4)11-22-19(20-3)21-10-15-6-8-18-24-23-14(2)25(18)12-15;/h5,7,9,15H,6,8,10-12H2,1-4H3,(H2,20,21,22);1H. The fourth-order valence-corrected chi connectivity index (χ4v) is 4.04. The van der Waals surface area contributed by atoms with Crippen LogP contribution in [0.25, 0.3) is 0 Å². The fraction of sp³-hybridized carbons (Fsp3) is 0.526. The topological polar surface area (TPSA) is 67.1 Å². The zero-order valence-corrected chi connectivity index (χ0v) is 19.6. The minimum absolute atomic E-state index is 0. The van der Waals surface area contributed by atoms with Crippen LogP contribution in [-0.4, -0.2) is 40.6 Å². The van der Waals surface area contributed by atoms with E-state index >= 15 is 0 Å². The lowest BCUT2D eigenvalue weighted by atomic mass is 9.99. The maximum absolute atomic E-state index is 4.37. The van der Waals surface area contributed by atoms with E-state index in [2.05, 4.69) is 61.8 Å². The number of benzene rings is 1. The highest BCUT2D eigenvalue weighted by Crippen LogP contribution is 2.22. The van der Waals surface area contributed by atoms with Crippen molar-refractivity contribution in [2.75, 3.05) is 19.8 Å². The number of aliphatic imine (C=N–C) groups is 1. The zero-order valence-electron chi connectivity index (χ0n) is 16.5. The minimum Gasteiger partial charge on any atom is -0.356 e. The predicted molar refractivity (Wildman–Crippen MR) is 123 cm³/mol. The molecule has 1 aromatic heterocycles. The monoisotopic (exact) mass is 500 g/mol. The molecule has 0 fully saturated rings. The van der Waals surface area contributed by atoms with E-state index in [-0.39, 0.29) is 24.0 Å². The quantitative estimate of drug-likeness (QED) is 0.286. The largest absolute Gasteiger partial charge is 0.356 e. The lowest BCUT2D eigenvalue weighted by Gasteiger charge is -2.25. The molecule has 1 unspecified atom stereocenters. The number of hydrogen-bond donors (Lipinski definition) is 2. The molecule has 1 aromatic carbocycles. The van der Waals surface area contributed by atoms with E-state index in [0.29, 0.717) is 5.92 Å². The highest BCUT2D eigenvalue weighted by atomic mass is 127. The van der Waals surface area contributed by atoms with Crippen LogP contribution >= 0.6 is 35.7 Å². The number of aromatic nitrogens is 3. The molecule has 0 saturated carbocycles. The van der Waals surface area contributed by atoms with Crippen molar-refractivity contribution in [3.05, 3.63) is 41.0 Å². The van der Waals surface area contributed by atoms with Crippen LogP contribution in [0.5, 0.6) is 0 Å². The molecule has 3 rings (SSSR count). The van der Waals surface area contributed by atoms with Gasteiger partial charge in [-0.2, -0.15) is 0 Å². The molecule has 148 valence electrons. The second-order valence-electron chi connectivity index (χ2n) is 6.80. The molecule has 0 amide bonds. The molecule has 0 bridgehead atoms. The first kappa shape index (κ1) is 22.0. The van der Waals surface area contributed by atoms with Gasteiger partial charge in [-0.15, -0.1) is 45.9 Å². The highest BCUT2D eigenvalue weighted by molar-refractivity contribution is 14.0. The Kier molecular flexibility index (Phi) is 8.40. The van der Waals surface area contributed by atoms with Gasteiger partial charge in [0.15, 0.2) is 5.96 Å². The van der Waals surface area contributed by atoms with Gasteiger partial charge in [0.1, 0.15) is 11.6 Å². The molecule has 2 aromatic rings. The van der Waals surface area contributed by atoms with Crippen LogP contribution in [-0.2, 0) is 19.5 Å². The van der Waals surface area contributed by atoms with Crippen molar-refractivity contribution in [2.24, 2.45) is 10.9 Å². The van der Waals surface area contributed by atoms with Crippen molar-refractivity contribution in [2.45, 2.75) is 44.7 Å². The minimum atomic E-state index is 0. The molecule has 0 aliphatic carbocycles. The lowest BCUT2D eigenvalue weighted by Crippen LogP contribution is -2.41. The van der Waals surface area contributed by atoms with Crippen LogP contribution < -0.4 is 10.6 Å². The Labute approximate surface area is 183 Å². The van der Waals surface area contributed by atoms with E-state index in [1.165, 1.54) is 16.0 Å². The van der Waals surface area contributed by atoms with Crippen LogP contribution in [0.15, 0.2) is 28.1 Å². The Morgan fingerprint density at radius 1 is 1.30 bits per heavy atom. The smallest absolute Gasteiger partial charge is 0.191 e. The van der Waals surface area contributed by atoms with Gasteiger partial charge >= 0.3 is 0 Å². The Morgan fingerprint density at radius 3 is 2.85 bits per heavy atom. The van der Waals surface area contributed by atoms with Crippen molar-refractivity contribution in [1.82, 2.24) is 25.4 Å². The third-order valence-corrected chi connectivity index (χ3v) is 5.72. The Hall–Kier alpha value is -1.29. The van der Waals surface area contributed by atoms with Gasteiger partial charge in [0.05, 0.1) is 0 Å². The summed E-state index contributed by atoms with van der Waals surface area (Å²) in [5, 5.41) is 15.3. The van der Waals surface area contributed by atoms with Gasteiger partial charge in [-0.1, -0.05) is 12.1 Å². The number of aryl methyl sites for hydroxylation is 3. The summed E-state index contributed by atoms with van der Waals surface area (Å²) in [5.41, 5.74) is 2.59. The van der Waals surface area contributed by atoms with Crippen molar-refractivity contribution >= 4 is 41.7 Å². The van der Waals surface area contributed by atoms with Crippen LogP contribution in [0.4, 0.5) is 0 Å². The third kappa shape index (κ3) is 5.60. The van der Waals surface area contributed by atoms with Crippen LogP contribution in [0.1, 0.15) is 29.2 Å². The number of rotatable bonds is 5. The van der Waals surface area contributed by atoms with E-state index in [9.17, 15) is 0 Å². The molecule has 0 spiro atoms. The molecule has 8 heteroatoms. The molecular formula is C19H29IN6S. The van der Waals surface area contributed by atoms with Crippen molar-refractivity contribution in [3.8, 4) is 0 Å². The molecule has 0 saturated heterocycles. The van der Waals surface area contributed by atoms with Crippen LogP contribution in [0.3, 0.4) is 0 Å². The maximum atomic E-state index is 4.37. The Bertz CT molecular complexity index is 789. The SMILES string of the molecule is CN=C(NCc1ccc(C)cc1SC)NCC1CCc2nnc(C)n2C1.I. The van der Waals surface area contributed by atoms with E-state index in [1.54, 1.807) is 11.8 Å². The summed E-state index contributed by atoms with van der Waals surface area (Å²) < 4.78 is 2.24. The van der Waals surface area contributed by atoms with Gasteiger partial charge in [0.25, 0.3) is 0 Å². The average Bonchev–Trinajstić information content (AvgIpc) is 3.03. The molecule has 1 aliphatic heterocycles. The van der Waals surface area contributed by atoms with E-state index in [1.807, 2.05) is 14.0 Å². The van der Waals surface area contributed by atoms with Gasteiger partial charge in [-0.25, -0.2) is 0 Å². The molecule has 0 radical (unpaired) electrons. The molecule has 6 nitrogen and oxygen atoms in total. The Morgan fingerprint density at radius 2 is 2.11 bits per heavy atom. The summed E-state index contributed by atoms with van der Waals surface area (Å²) in [6.07, 6.45) is 4.26. The number of thioether (sulfide) groups is 1. The van der Waals surface area contributed by atoms with Gasteiger partial charge in [-0.05, 0) is 49.6 Å². The van der Waals surface area contributed by atoms with Crippen molar-refractivity contribution < 1.29 is 0 Å². The second kappa shape index (κ2) is 10.3. The van der Waals surface area contributed by atoms with Crippen LogP contribution in [0.2, 0.25) is 0 Å². The lowest BCUT2D eigenvalue weighted by molar-refractivity contribution is 0.358. The van der Waals surface area contributed by atoms with Gasteiger partial charge in [0, 0.05) is 38.0 Å². The predicted octanol–water partition coefficient (Wildman–Crippen LogP) is 3.16. The molecule has 27 heavy (non-hydrogen) atoms. The summed E-state index contributed by atoms with van der Waals surface area (Å²) in [6.45, 7) is 6.81. The summed E-state index contributed by atoms with van der Waals surface area (Å²) in [6, 6.07) is 6.59. The van der Waals surface area contributed by atoms with Crippen molar-refractivity contribution in [1.29, 1.82) is 0 Å². The third-order valence-electron chi connectivity index (χ3n) is 4.90. The summed E-state index contributed by atoms with van der Waals surface area (Å²) in [4.78, 5) is 5.68. The van der Waals surface area contributed by atoms with Gasteiger partial charge in [0.2, 0.25) is 0 Å². The van der Waals surface area contributed by atoms with Gasteiger partial charge in [-0.3, -0.25) is 4.99 Å². The average molecular weight is 500 g/mol. The number of nitrogens with one attached hydrogen (secondary N) is 2. The van der Waals surface area contributed by atoms with Gasteiger partial charge < -0.3 is 15.2 Å². The van der Waals surface area contributed by atoms with E-state index in [4.69, 9.17) is 0 Å². The van der Waals surface area contributed by atoms with E-state index < -0.39 is 0 Å².